The Morgan fingerprint density at radius 1 is 0.880 bits per heavy atom. The Hall–Kier alpha value is -2.07. The zero-order valence-electron chi connectivity index (χ0n) is 31.5. The minimum absolute atomic E-state index is 0.123. The predicted molar refractivity (Wildman–Crippen MR) is 188 cm³/mol. The van der Waals surface area contributed by atoms with Crippen LogP contribution in [-0.4, -0.2) is 74.6 Å². The highest BCUT2D eigenvalue weighted by Crippen LogP contribution is 2.75. The van der Waals surface area contributed by atoms with Crippen molar-refractivity contribution >= 4 is 16.7 Å². The molecule has 1 aromatic heterocycles. The highest BCUT2D eigenvalue weighted by atomic mass is 16.8. The smallest absolute Gasteiger partial charge is 0.178 e. The highest BCUT2D eigenvalue weighted by Gasteiger charge is 2.87. The van der Waals surface area contributed by atoms with E-state index in [1.165, 1.54) is 22.2 Å². The average molecular weight is 686 g/mol. The number of epoxide rings is 1. The van der Waals surface area contributed by atoms with E-state index in [1.807, 2.05) is 6.08 Å². The molecule has 5 heterocycles. The Bertz CT molecular complexity index is 1900. The number of benzene rings is 1. The molecule has 0 amide bonds. The van der Waals surface area contributed by atoms with Crippen LogP contribution in [0.25, 0.3) is 10.9 Å². The zero-order valence-corrected chi connectivity index (χ0v) is 31.5. The topological polar surface area (TPSA) is 103 Å². The zero-order chi connectivity index (χ0) is 35.3. The van der Waals surface area contributed by atoms with Crippen LogP contribution in [0.15, 0.2) is 23.8 Å². The van der Waals surface area contributed by atoms with Crippen LogP contribution in [0, 0.1) is 23.2 Å². The summed E-state index contributed by atoms with van der Waals surface area (Å²) in [5, 5.41) is 14.7. The summed E-state index contributed by atoms with van der Waals surface area (Å²) >= 11 is 0. The minimum Gasteiger partial charge on any atom is -0.386 e. The Morgan fingerprint density at radius 2 is 1.64 bits per heavy atom. The third-order valence-corrected chi connectivity index (χ3v) is 15.9. The number of carbonyl (C=O) groups excluding carboxylic acids is 1. The van der Waals surface area contributed by atoms with Gasteiger partial charge in [-0.15, -0.1) is 0 Å². The van der Waals surface area contributed by atoms with Crippen molar-refractivity contribution in [2.24, 2.45) is 23.2 Å². The van der Waals surface area contributed by atoms with Crippen molar-refractivity contribution in [1.29, 1.82) is 0 Å². The van der Waals surface area contributed by atoms with Crippen LogP contribution < -0.4 is 0 Å². The van der Waals surface area contributed by atoms with Gasteiger partial charge in [0, 0.05) is 38.9 Å². The molecule has 1 aromatic carbocycles. The van der Waals surface area contributed by atoms with Crippen molar-refractivity contribution < 1.29 is 33.6 Å². The second-order valence-corrected chi connectivity index (χ2v) is 19.6. The van der Waals surface area contributed by atoms with E-state index in [0.29, 0.717) is 12.3 Å². The molecule has 4 aliphatic carbocycles. The largest absolute Gasteiger partial charge is 0.386 e. The molecule has 0 radical (unpaired) electrons. The monoisotopic (exact) mass is 685 g/mol. The lowest BCUT2D eigenvalue weighted by molar-refractivity contribution is -0.343. The maximum atomic E-state index is 14.3. The van der Waals surface area contributed by atoms with Gasteiger partial charge in [0.05, 0.1) is 28.8 Å². The van der Waals surface area contributed by atoms with Crippen LogP contribution in [0.5, 0.6) is 0 Å². The Morgan fingerprint density at radius 3 is 2.38 bits per heavy atom. The summed E-state index contributed by atoms with van der Waals surface area (Å²) in [6, 6.07) is 4.19. The molecule has 50 heavy (non-hydrogen) atoms. The first-order chi connectivity index (χ1) is 23.3. The normalized spacial score (nSPS) is 48.3. The summed E-state index contributed by atoms with van der Waals surface area (Å²) < 4.78 is 33.4. The molecule has 4 aliphatic heterocycles. The second-order valence-electron chi connectivity index (χ2n) is 19.6. The van der Waals surface area contributed by atoms with Crippen molar-refractivity contribution in [2.45, 2.75) is 172 Å². The van der Waals surface area contributed by atoms with E-state index in [9.17, 15) is 9.90 Å². The number of Topliss-reactive ketones (excluding diaryl/α,β-unsaturated/α-hetero) is 1. The van der Waals surface area contributed by atoms with Gasteiger partial charge in [-0.05, 0) is 129 Å². The van der Waals surface area contributed by atoms with Crippen molar-refractivity contribution in [1.82, 2.24) is 4.98 Å². The van der Waals surface area contributed by atoms with Crippen LogP contribution in [0.4, 0.5) is 0 Å². The third-order valence-electron chi connectivity index (χ3n) is 15.9. The molecular formula is C42H55NO7. The third kappa shape index (κ3) is 3.54. The first-order valence-electron chi connectivity index (χ1n) is 19.3. The summed E-state index contributed by atoms with van der Waals surface area (Å²) in [6.07, 6.45) is 5.41. The number of aliphatic hydroxyl groups is 1. The molecule has 8 heteroatoms. The van der Waals surface area contributed by atoms with E-state index in [4.69, 9.17) is 23.7 Å². The van der Waals surface area contributed by atoms with Crippen molar-refractivity contribution in [3.8, 4) is 0 Å². The van der Waals surface area contributed by atoms with E-state index in [0.717, 1.165) is 48.8 Å². The van der Waals surface area contributed by atoms with Gasteiger partial charge in [0.2, 0.25) is 0 Å². The number of hydrogen-bond donors (Lipinski definition) is 2. The van der Waals surface area contributed by atoms with Crippen LogP contribution >= 0.6 is 0 Å². The lowest BCUT2D eigenvalue weighted by Crippen LogP contribution is -2.77. The molecule has 1 spiro atoms. The van der Waals surface area contributed by atoms with Gasteiger partial charge in [0.1, 0.15) is 23.9 Å². The van der Waals surface area contributed by atoms with E-state index < -0.39 is 34.1 Å². The summed E-state index contributed by atoms with van der Waals surface area (Å²) in [4.78, 5) is 18.2. The van der Waals surface area contributed by atoms with Crippen LogP contribution in [-0.2, 0) is 41.9 Å². The Kier molecular flexibility index (Phi) is 6.09. The Balaban J connectivity index is 1.07. The number of rotatable bonds is 1. The molecule has 6 fully saturated rings. The summed E-state index contributed by atoms with van der Waals surface area (Å²) in [6.45, 7) is 21.5. The second kappa shape index (κ2) is 9.34. The number of H-pyrrole nitrogens is 1. The molecule has 0 bridgehead atoms. The fourth-order valence-electron chi connectivity index (χ4n) is 13.6. The molecule has 270 valence electrons. The molecule has 1 unspecified atom stereocenters. The van der Waals surface area contributed by atoms with Gasteiger partial charge in [0.25, 0.3) is 0 Å². The van der Waals surface area contributed by atoms with Gasteiger partial charge in [-0.3, -0.25) is 4.79 Å². The first-order valence-corrected chi connectivity index (χ1v) is 19.3. The van der Waals surface area contributed by atoms with Gasteiger partial charge < -0.3 is 33.8 Å². The van der Waals surface area contributed by atoms with Crippen molar-refractivity contribution in [2.75, 3.05) is 0 Å². The van der Waals surface area contributed by atoms with Gasteiger partial charge >= 0.3 is 0 Å². The molecule has 2 saturated carbocycles. The molecule has 12 atom stereocenters. The number of carbonyl (C=O) groups is 1. The van der Waals surface area contributed by atoms with Gasteiger partial charge in [-0.2, -0.15) is 0 Å². The maximum Gasteiger partial charge on any atom is 0.178 e. The number of ketones is 1. The summed E-state index contributed by atoms with van der Waals surface area (Å²) in [5.41, 5.74) is 2.69. The molecular weight excluding hydrogens is 630 g/mol. The molecule has 8 aliphatic rings. The fourth-order valence-corrected chi connectivity index (χ4v) is 13.6. The molecule has 4 saturated heterocycles. The van der Waals surface area contributed by atoms with Crippen LogP contribution in [0.1, 0.15) is 122 Å². The van der Waals surface area contributed by atoms with Crippen molar-refractivity contribution in [3.05, 3.63) is 46.2 Å². The number of allylic oxidation sites excluding steroid dienone is 1. The number of aromatic nitrogens is 1. The maximum absolute atomic E-state index is 14.3. The van der Waals surface area contributed by atoms with E-state index in [2.05, 4.69) is 86.4 Å². The van der Waals surface area contributed by atoms with Crippen LogP contribution in [0.3, 0.4) is 0 Å². The fraction of sp³-hybridized carbons (Fsp3) is 0.738. The van der Waals surface area contributed by atoms with E-state index >= 15 is 0 Å². The van der Waals surface area contributed by atoms with Crippen molar-refractivity contribution in [3.63, 3.8) is 0 Å². The summed E-state index contributed by atoms with van der Waals surface area (Å²) in [7, 11) is 0. The SMILES string of the molecule is CC(C)=C[C@H]1O[C@H]2C3O[C@@]34[C@H](CC[C@@]3(C)[C@@]4(O)CC[C@H]4Cc5c([nH]c6ccc7c(c56)C[C@@H]5[C@@H](C7=O)C(C)(C)OC5(C)C)[C@@]43C)O[C@@H]2C(C)(C)O1. The number of hydrogen-bond acceptors (Lipinski definition) is 7. The number of fused-ring (bicyclic) bond motifs is 12. The van der Waals surface area contributed by atoms with Gasteiger partial charge in [-0.1, -0.05) is 19.4 Å². The first kappa shape index (κ1) is 32.6. The number of ether oxygens (including phenoxy) is 5. The predicted octanol–water partition coefficient (Wildman–Crippen LogP) is 6.87. The summed E-state index contributed by atoms with van der Waals surface area (Å²) in [5.74, 6) is 0.568. The molecule has 10 rings (SSSR count). The van der Waals surface area contributed by atoms with E-state index in [1.54, 1.807) is 0 Å². The highest BCUT2D eigenvalue weighted by molar-refractivity contribution is 6.06. The van der Waals surface area contributed by atoms with Crippen LogP contribution in [0.2, 0.25) is 0 Å². The lowest BCUT2D eigenvalue weighted by Gasteiger charge is -2.66. The quantitative estimate of drug-likeness (QED) is 0.250. The molecule has 2 aromatic rings. The molecule has 2 N–H and O–H groups in total. The van der Waals surface area contributed by atoms with E-state index in [-0.39, 0.29) is 53.1 Å². The lowest BCUT2D eigenvalue weighted by atomic mass is 9.40. The number of aromatic amines is 1. The number of nitrogens with one attached hydrogen (secondary N) is 1. The average Bonchev–Trinajstić information content (AvgIpc) is 3.51. The van der Waals surface area contributed by atoms with Gasteiger partial charge in [0.15, 0.2) is 17.7 Å². The van der Waals surface area contributed by atoms with Gasteiger partial charge in [-0.25, -0.2) is 0 Å². The minimum atomic E-state index is -1.11. The Labute approximate surface area is 296 Å². The molecule has 8 nitrogen and oxygen atoms in total. The standard InChI is InChI=1S/C42H55NO7/c1-20(2)17-28-47-32-34(38(7,8)48-28)46-27-14-15-39(9)40(10)21(13-16-41(39,45)42(27)35(32)49-42)18-24-29-23-19-25-30(37(5,6)50-36(25,3)4)31(44)22(23)11-12-26(29)43-33(24)40/h11-12,17,21,25,27-28,30,32,34-35,43,45H,13-16,18-19H2,1-10H3/t21-,25+,27-,28-,30-,32+,34-,35?,39+,40+,41-,42-/m0/s1.